The van der Waals surface area contributed by atoms with Crippen molar-refractivity contribution in [3.8, 4) is 5.69 Å². The zero-order valence-corrected chi connectivity index (χ0v) is 17.2. The van der Waals surface area contributed by atoms with Gasteiger partial charge in [0, 0.05) is 47.7 Å². The molecule has 5 nitrogen and oxygen atoms in total. The molecule has 2 aromatic carbocycles. The molecule has 0 saturated carbocycles. The van der Waals surface area contributed by atoms with Gasteiger partial charge >= 0.3 is 0 Å². The number of anilines is 2. The van der Waals surface area contributed by atoms with Crippen LogP contribution in [-0.2, 0) is 13.1 Å². The number of nitrogens with zero attached hydrogens (tertiary/aromatic N) is 4. The van der Waals surface area contributed by atoms with Gasteiger partial charge in [-0.2, -0.15) is 0 Å². The lowest BCUT2D eigenvalue weighted by molar-refractivity contribution is 0.627. The average molecular weight is 422 g/mol. The lowest BCUT2D eigenvalue weighted by atomic mass is 10.3. The summed E-state index contributed by atoms with van der Waals surface area (Å²) in [7, 11) is 1.96. The van der Waals surface area contributed by atoms with Crippen molar-refractivity contribution in [2.24, 2.45) is 0 Å². The summed E-state index contributed by atoms with van der Waals surface area (Å²) in [5.41, 5.74) is 3.78. The lowest BCUT2D eigenvalue weighted by Gasteiger charge is -2.19. The highest BCUT2D eigenvalue weighted by Gasteiger charge is 2.13. The molecule has 0 amide bonds. The number of rotatable bonds is 7. The van der Waals surface area contributed by atoms with Crippen molar-refractivity contribution in [2.45, 2.75) is 13.1 Å². The Kier molecular flexibility index (Phi) is 5.95. The molecular formula is C23H21ClFN5. The molecule has 4 aromatic rings. The second-order valence-electron chi connectivity index (χ2n) is 6.92. The third kappa shape index (κ3) is 4.78. The monoisotopic (exact) mass is 421 g/mol. The molecule has 1 N–H and O–H groups in total. The van der Waals surface area contributed by atoms with Gasteiger partial charge in [0.25, 0.3) is 0 Å². The van der Waals surface area contributed by atoms with Crippen LogP contribution in [0.15, 0.2) is 79.3 Å². The Hall–Kier alpha value is -3.38. The van der Waals surface area contributed by atoms with E-state index >= 15 is 0 Å². The Labute approximate surface area is 179 Å². The zero-order chi connectivity index (χ0) is 20.9. The molecule has 30 heavy (non-hydrogen) atoms. The van der Waals surface area contributed by atoms with Crippen LogP contribution in [-0.4, -0.2) is 21.6 Å². The van der Waals surface area contributed by atoms with E-state index in [4.69, 9.17) is 16.6 Å². The van der Waals surface area contributed by atoms with Crippen LogP contribution < -0.4 is 10.2 Å². The largest absolute Gasteiger partial charge is 0.379 e. The molecule has 0 radical (unpaired) electrons. The van der Waals surface area contributed by atoms with Gasteiger partial charge in [0.15, 0.2) is 0 Å². The molecule has 152 valence electrons. The van der Waals surface area contributed by atoms with E-state index in [1.165, 1.54) is 12.1 Å². The summed E-state index contributed by atoms with van der Waals surface area (Å²) in [4.78, 5) is 10.9. The van der Waals surface area contributed by atoms with E-state index < -0.39 is 0 Å². The van der Waals surface area contributed by atoms with Gasteiger partial charge in [-0.1, -0.05) is 11.6 Å². The van der Waals surface area contributed by atoms with Gasteiger partial charge in [0.1, 0.15) is 11.6 Å². The zero-order valence-electron chi connectivity index (χ0n) is 16.5. The number of imidazole rings is 1. The van der Waals surface area contributed by atoms with Crippen molar-refractivity contribution in [2.75, 3.05) is 17.3 Å². The first kappa shape index (κ1) is 19.9. The number of pyridine rings is 1. The summed E-state index contributed by atoms with van der Waals surface area (Å²) < 4.78 is 15.3. The highest BCUT2D eigenvalue weighted by atomic mass is 35.5. The van der Waals surface area contributed by atoms with Crippen LogP contribution in [0.3, 0.4) is 0 Å². The minimum atomic E-state index is -0.251. The highest BCUT2D eigenvalue weighted by molar-refractivity contribution is 6.30. The predicted octanol–water partition coefficient (Wildman–Crippen LogP) is 5.31. The molecule has 2 heterocycles. The Balaban J connectivity index is 1.60. The third-order valence-corrected chi connectivity index (χ3v) is 4.99. The average Bonchev–Trinajstić information content (AvgIpc) is 3.16. The Morgan fingerprint density at radius 3 is 2.40 bits per heavy atom. The van der Waals surface area contributed by atoms with Gasteiger partial charge in [0.2, 0.25) is 0 Å². The standard InChI is InChI=1S/C23H21ClFN5/c1-29(21-8-4-18(25)5-9-21)16-23-28-20(14-27-19-10-12-26-13-11-19)15-30(23)22-6-2-17(24)3-7-22/h2-13,15H,14,16H2,1H3,(H,26,27). The minimum absolute atomic E-state index is 0.251. The summed E-state index contributed by atoms with van der Waals surface area (Å²) in [6.07, 6.45) is 5.51. The number of hydrogen-bond acceptors (Lipinski definition) is 4. The van der Waals surface area contributed by atoms with E-state index in [1.807, 2.05) is 54.5 Å². The van der Waals surface area contributed by atoms with Crippen molar-refractivity contribution >= 4 is 23.0 Å². The maximum Gasteiger partial charge on any atom is 0.133 e. The molecule has 0 unspecified atom stereocenters. The number of hydrogen-bond donors (Lipinski definition) is 1. The van der Waals surface area contributed by atoms with E-state index in [-0.39, 0.29) is 5.82 Å². The van der Waals surface area contributed by atoms with Crippen molar-refractivity contribution < 1.29 is 4.39 Å². The number of aromatic nitrogens is 3. The second kappa shape index (κ2) is 8.97. The highest BCUT2D eigenvalue weighted by Crippen LogP contribution is 2.21. The number of benzene rings is 2. The summed E-state index contributed by atoms with van der Waals surface area (Å²) >= 11 is 6.06. The van der Waals surface area contributed by atoms with Crippen LogP contribution in [0.5, 0.6) is 0 Å². The first-order valence-corrected chi connectivity index (χ1v) is 9.90. The Morgan fingerprint density at radius 1 is 1.00 bits per heavy atom. The smallest absolute Gasteiger partial charge is 0.133 e. The van der Waals surface area contributed by atoms with E-state index in [0.717, 1.165) is 28.6 Å². The quantitative estimate of drug-likeness (QED) is 0.439. The van der Waals surface area contributed by atoms with Gasteiger partial charge < -0.3 is 14.8 Å². The van der Waals surface area contributed by atoms with E-state index in [0.29, 0.717) is 18.1 Å². The van der Waals surface area contributed by atoms with Gasteiger partial charge in [-0.15, -0.1) is 0 Å². The minimum Gasteiger partial charge on any atom is -0.379 e. The van der Waals surface area contributed by atoms with Crippen molar-refractivity contribution in [1.82, 2.24) is 14.5 Å². The molecule has 0 aliphatic carbocycles. The molecule has 2 aromatic heterocycles. The molecule has 0 spiro atoms. The summed E-state index contributed by atoms with van der Waals surface area (Å²) in [5.74, 6) is 0.620. The molecular weight excluding hydrogens is 401 g/mol. The Morgan fingerprint density at radius 2 is 1.70 bits per heavy atom. The normalized spacial score (nSPS) is 10.8. The topological polar surface area (TPSA) is 46.0 Å². The molecule has 0 saturated heterocycles. The summed E-state index contributed by atoms with van der Waals surface area (Å²) in [5, 5.41) is 4.04. The molecule has 0 fully saturated rings. The van der Waals surface area contributed by atoms with Crippen molar-refractivity contribution in [3.05, 3.63) is 102 Å². The van der Waals surface area contributed by atoms with Crippen LogP contribution >= 0.6 is 11.6 Å². The fourth-order valence-electron chi connectivity index (χ4n) is 3.16. The molecule has 7 heteroatoms. The third-order valence-electron chi connectivity index (χ3n) is 4.73. The molecule has 0 bridgehead atoms. The van der Waals surface area contributed by atoms with Gasteiger partial charge in [-0.05, 0) is 60.7 Å². The predicted molar refractivity (Wildman–Crippen MR) is 119 cm³/mol. The van der Waals surface area contributed by atoms with Crippen molar-refractivity contribution in [1.29, 1.82) is 0 Å². The van der Waals surface area contributed by atoms with Crippen LogP contribution in [0, 0.1) is 5.82 Å². The van der Waals surface area contributed by atoms with E-state index in [9.17, 15) is 4.39 Å². The summed E-state index contributed by atoms with van der Waals surface area (Å²) in [6.45, 7) is 1.14. The van der Waals surface area contributed by atoms with Crippen LogP contribution in [0.25, 0.3) is 5.69 Å². The van der Waals surface area contributed by atoms with Gasteiger partial charge in [-0.25, -0.2) is 9.37 Å². The molecule has 0 atom stereocenters. The van der Waals surface area contributed by atoms with E-state index in [2.05, 4.69) is 14.9 Å². The van der Waals surface area contributed by atoms with Gasteiger partial charge in [0.05, 0.1) is 18.8 Å². The van der Waals surface area contributed by atoms with Crippen LogP contribution in [0.2, 0.25) is 5.02 Å². The van der Waals surface area contributed by atoms with Crippen LogP contribution in [0.4, 0.5) is 15.8 Å². The lowest BCUT2D eigenvalue weighted by Crippen LogP contribution is -2.19. The van der Waals surface area contributed by atoms with Crippen molar-refractivity contribution in [3.63, 3.8) is 0 Å². The Bertz CT molecular complexity index is 1090. The summed E-state index contributed by atoms with van der Waals surface area (Å²) in [6, 6.07) is 17.9. The molecule has 0 aliphatic heterocycles. The first-order valence-electron chi connectivity index (χ1n) is 9.52. The van der Waals surface area contributed by atoms with Crippen LogP contribution in [0.1, 0.15) is 11.5 Å². The fraction of sp³-hybridized carbons (Fsp3) is 0.130. The maximum atomic E-state index is 13.3. The first-order chi connectivity index (χ1) is 14.6. The molecule has 4 rings (SSSR count). The fourth-order valence-corrected chi connectivity index (χ4v) is 3.28. The van der Waals surface area contributed by atoms with Gasteiger partial charge in [-0.3, -0.25) is 4.98 Å². The SMILES string of the molecule is CN(Cc1nc(CNc2ccncc2)cn1-c1ccc(Cl)cc1)c1ccc(F)cc1. The maximum absolute atomic E-state index is 13.3. The molecule has 0 aliphatic rings. The second-order valence-corrected chi connectivity index (χ2v) is 7.35. The number of nitrogens with one attached hydrogen (secondary N) is 1. The van der Waals surface area contributed by atoms with E-state index in [1.54, 1.807) is 24.5 Å². The number of halogens is 2.